The quantitative estimate of drug-likeness (QED) is 0.813. The van der Waals surface area contributed by atoms with Crippen molar-refractivity contribution >= 4 is 16.9 Å². The third kappa shape index (κ3) is 4.12. The van der Waals surface area contributed by atoms with Gasteiger partial charge in [0.2, 0.25) is 5.88 Å². The van der Waals surface area contributed by atoms with Gasteiger partial charge in [-0.15, -0.1) is 0 Å². The Morgan fingerprint density at radius 3 is 2.41 bits per heavy atom. The van der Waals surface area contributed by atoms with Crippen LogP contribution in [0.4, 0.5) is 0 Å². The van der Waals surface area contributed by atoms with E-state index >= 15 is 0 Å². The van der Waals surface area contributed by atoms with E-state index in [-0.39, 0.29) is 23.7 Å². The summed E-state index contributed by atoms with van der Waals surface area (Å²) in [5.74, 6) is -0.397. The maximum absolute atomic E-state index is 12.4. The molecule has 27 heavy (non-hydrogen) atoms. The van der Waals surface area contributed by atoms with Crippen LogP contribution < -0.4 is 4.74 Å². The second-order valence-corrected chi connectivity index (χ2v) is 6.68. The van der Waals surface area contributed by atoms with Gasteiger partial charge >= 0.3 is 5.97 Å². The van der Waals surface area contributed by atoms with E-state index in [1.54, 1.807) is 12.1 Å². The number of aromatic nitrogens is 2. The van der Waals surface area contributed by atoms with Crippen LogP contribution in [-0.2, 0) is 14.2 Å². The maximum Gasteiger partial charge on any atom is 0.361 e. The summed E-state index contributed by atoms with van der Waals surface area (Å²) in [7, 11) is 0. The monoisotopic (exact) mass is 374 g/mol. The highest BCUT2D eigenvalue weighted by molar-refractivity contribution is 5.97. The van der Waals surface area contributed by atoms with E-state index in [4.69, 9.17) is 18.9 Å². The fraction of sp³-hybridized carbons (Fsp3) is 0.526. The first-order chi connectivity index (χ1) is 13.2. The molecule has 2 aliphatic rings. The summed E-state index contributed by atoms with van der Waals surface area (Å²) in [6.45, 7) is 2.49. The predicted octanol–water partition coefficient (Wildman–Crippen LogP) is 2.23. The van der Waals surface area contributed by atoms with Crippen LogP contribution in [0.3, 0.4) is 0 Å². The van der Waals surface area contributed by atoms with Crippen molar-refractivity contribution in [1.29, 1.82) is 0 Å². The summed E-state index contributed by atoms with van der Waals surface area (Å²) in [6.07, 6.45) is 4.24. The summed E-state index contributed by atoms with van der Waals surface area (Å²) < 4.78 is 21.9. The van der Waals surface area contributed by atoms with Crippen molar-refractivity contribution in [1.82, 2.24) is 9.97 Å². The number of hydrogen-bond acceptors (Lipinski definition) is 8. The summed E-state index contributed by atoms with van der Waals surface area (Å²) in [5.41, 5.74) is 0.355. The van der Waals surface area contributed by atoms with Crippen LogP contribution in [0.2, 0.25) is 0 Å². The zero-order valence-corrected chi connectivity index (χ0v) is 14.9. The molecule has 2 fully saturated rings. The van der Waals surface area contributed by atoms with Gasteiger partial charge < -0.3 is 24.1 Å². The van der Waals surface area contributed by atoms with Gasteiger partial charge in [0.25, 0.3) is 0 Å². The van der Waals surface area contributed by atoms with Crippen molar-refractivity contribution in [3.05, 3.63) is 24.0 Å². The number of fused-ring (bicyclic) bond motifs is 1. The Bertz CT molecular complexity index is 815. The van der Waals surface area contributed by atoms with Crippen LogP contribution >= 0.6 is 0 Å². The maximum atomic E-state index is 12.4. The molecular weight excluding hydrogens is 352 g/mol. The molecule has 0 atom stereocenters. The topological polar surface area (TPSA) is 100 Å². The molecule has 0 radical (unpaired) electrons. The minimum absolute atomic E-state index is 0.0685. The standard InChI is InChI=1S/C19H22N2O6/c22-18-14-1-2-16(26-12-3-7-24-8-4-12)21-15(14)11-20-17(18)19(23)27-13-5-9-25-10-6-13/h1-2,11-13,22H,3-10H2. The Labute approximate surface area is 156 Å². The van der Waals surface area contributed by atoms with E-state index in [1.165, 1.54) is 6.20 Å². The molecule has 4 rings (SSSR count). The van der Waals surface area contributed by atoms with Crippen LogP contribution in [0.5, 0.6) is 11.6 Å². The number of carbonyl (C=O) groups is 1. The predicted molar refractivity (Wildman–Crippen MR) is 94.9 cm³/mol. The molecule has 1 N–H and O–H groups in total. The largest absolute Gasteiger partial charge is 0.505 e. The number of nitrogens with zero attached hydrogens (tertiary/aromatic N) is 2. The normalized spacial score (nSPS) is 19.1. The Balaban J connectivity index is 1.51. The van der Waals surface area contributed by atoms with Gasteiger partial charge in [-0.2, -0.15) is 0 Å². The zero-order chi connectivity index (χ0) is 18.6. The van der Waals surface area contributed by atoms with Crippen LogP contribution in [-0.4, -0.2) is 59.7 Å². The summed E-state index contributed by atoms with van der Waals surface area (Å²) in [4.78, 5) is 20.8. The van der Waals surface area contributed by atoms with Crippen molar-refractivity contribution in [2.45, 2.75) is 37.9 Å². The molecule has 144 valence electrons. The second-order valence-electron chi connectivity index (χ2n) is 6.68. The first kappa shape index (κ1) is 17.9. The van der Waals surface area contributed by atoms with E-state index < -0.39 is 5.97 Å². The molecule has 2 saturated heterocycles. The molecule has 0 amide bonds. The van der Waals surface area contributed by atoms with E-state index in [0.29, 0.717) is 56.1 Å². The van der Waals surface area contributed by atoms with Crippen LogP contribution in [0.15, 0.2) is 18.3 Å². The number of hydrogen-bond donors (Lipinski definition) is 1. The highest BCUT2D eigenvalue weighted by Crippen LogP contribution is 2.29. The number of esters is 1. The average molecular weight is 374 g/mol. The molecule has 8 heteroatoms. The lowest BCUT2D eigenvalue weighted by molar-refractivity contribution is -0.0164. The number of carbonyl (C=O) groups excluding carboxylic acids is 1. The van der Waals surface area contributed by atoms with Crippen molar-refractivity contribution in [3.63, 3.8) is 0 Å². The van der Waals surface area contributed by atoms with Gasteiger partial charge in [-0.3, -0.25) is 0 Å². The van der Waals surface area contributed by atoms with Gasteiger partial charge in [-0.1, -0.05) is 0 Å². The van der Waals surface area contributed by atoms with Gasteiger partial charge in [0.15, 0.2) is 11.4 Å². The van der Waals surface area contributed by atoms with Gasteiger partial charge in [0.1, 0.15) is 12.2 Å². The van der Waals surface area contributed by atoms with Crippen molar-refractivity contribution in [2.24, 2.45) is 0 Å². The molecule has 0 aromatic carbocycles. The van der Waals surface area contributed by atoms with Crippen molar-refractivity contribution < 1.29 is 28.8 Å². The Morgan fingerprint density at radius 1 is 1.04 bits per heavy atom. The van der Waals surface area contributed by atoms with Gasteiger partial charge in [0.05, 0.1) is 38.1 Å². The zero-order valence-electron chi connectivity index (χ0n) is 14.9. The van der Waals surface area contributed by atoms with Crippen LogP contribution in [0.25, 0.3) is 10.9 Å². The minimum Gasteiger partial charge on any atom is -0.505 e. The molecule has 0 aliphatic carbocycles. The summed E-state index contributed by atoms with van der Waals surface area (Å²) in [5, 5.41) is 10.9. The van der Waals surface area contributed by atoms with E-state index in [1.807, 2.05) is 0 Å². The number of ether oxygens (including phenoxy) is 4. The fourth-order valence-corrected chi connectivity index (χ4v) is 3.25. The molecule has 2 aromatic rings. The lowest BCUT2D eigenvalue weighted by atomic mass is 10.1. The van der Waals surface area contributed by atoms with Crippen LogP contribution in [0, 0.1) is 0 Å². The molecule has 0 spiro atoms. The second kappa shape index (κ2) is 8.06. The summed E-state index contributed by atoms with van der Waals surface area (Å²) >= 11 is 0. The number of aromatic hydroxyl groups is 1. The molecule has 0 unspecified atom stereocenters. The SMILES string of the molecule is O=C(OC1CCOCC1)c1ncc2nc(OC3CCOCC3)ccc2c1O. The fourth-order valence-electron chi connectivity index (χ4n) is 3.25. The van der Waals surface area contributed by atoms with Gasteiger partial charge in [-0.25, -0.2) is 14.8 Å². The highest BCUT2D eigenvalue weighted by atomic mass is 16.6. The first-order valence-electron chi connectivity index (χ1n) is 9.22. The lowest BCUT2D eigenvalue weighted by Crippen LogP contribution is -2.26. The molecule has 2 aromatic heterocycles. The average Bonchev–Trinajstić information content (AvgIpc) is 2.70. The molecule has 8 nitrogen and oxygen atoms in total. The molecule has 0 bridgehead atoms. The van der Waals surface area contributed by atoms with Crippen molar-refractivity contribution in [2.75, 3.05) is 26.4 Å². The Morgan fingerprint density at radius 2 is 1.70 bits per heavy atom. The number of rotatable bonds is 4. The summed E-state index contributed by atoms with van der Waals surface area (Å²) in [6, 6.07) is 3.37. The minimum atomic E-state index is -0.635. The van der Waals surface area contributed by atoms with Crippen LogP contribution in [0.1, 0.15) is 36.2 Å². The molecule has 0 saturated carbocycles. The highest BCUT2D eigenvalue weighted by Gasteiger charge is 2.24. The van der Waals surface area contributed by atoms with Gasteiger partial charge in [-0.05, 0) is 6.07 Å². The Kier molecular flexibility index (Phi) is 5.35. The van der Waals surface area contributed by atoms with Crippen molar-refractivity contribution in [3.8, 4) is 11.6 Å². The molecule has 4 heterocycles. The Hall–Kier alpha value is -2.45. The molecule has 2 aliphatic heterocycles. The molecular formula is C19H22N2O6. The van der Waals surface area contributed by atoms with E-state index in [9.17, 15) is 9.90 Å². The smallest absolute Gasteiger partial charge is 0.361 e. The lowest BCUT2D eigenvalue weighted by Gasteiger charge is -2.23. The van der Waals surface area contributed by atoms with E-state index in [2.05, 4.69) is 9.97 Å². The number of pyridine rings is 2. The van der Waals surface area contributed by atoms with Gasteiger partial charge in [0, 0.05) is 37.1 Å². The van der Waals surface area contributed by atoms with E-state index in [0.717, 1.165) is 12.8 Å². The first-order valence-corrected chi connectivity index (χ1v) is 9.22. The third-order valence-electron chi connectivity index (χ3n) is 4.79. The third-order valence-corrected chi connectivity index (χ3v) is 4.79.